The number of hydrogen-bond donors (Lipinski definition) is 1. The van der Waals surface area contributed by atoms with Gasteiger partial charge in [0.1, 0.15) is 5.82 Å². The maximum atomic E-state index is 13.8. The summed E-state index contributed by atoms with van der Waals surface area (Å²) >= 11 is 7.40. The molecule has 1 N–H and O–H groups in total. The van der Waals surface area contributed by atoms with Crippen LogP contribution in [-0.2, 0) is 12.3 Å². The predicted molar refractivity (Wildman–Crippen MR) is 89.4 cm³/mol. The minimum atomic E-state index is -0.315. The van der Waals surface area contributed by atoms with Crippen LogP contribution >= 0.6 is 23.4 Å². The number of hydrogen-bond acceptors (Lipinski definition) is 2. The molecule has 0 bridgehead atoms. The van der Waals surface area contributed by atoms with Crippen LogP contribution in [0.5, 0.6) is 0 Å². The molecular weight excluding hydrogens is 305 g/mol. The van der Waals surface area contributed by atoms with Crippen LogP contribution in [-0.4, -0.2) is 6.04 Å². The van der Waals surface area contributed by atoms with Gasteiger partial charge in [-0.25, -0.2) is 4.39 Å². The number of halogens is 2. The first-order valence-corrected chi connectivity index (χ1v) is 8.30. The Morgan fingerprint density at radius 2 is 1.86 bits per heavy atom. The number of rotatable bonds is 6. The fourth-order valence-electron chi connectivity index (χ4n) is 1.85. The zero-order valence-electron chi connectivity index (χ0n) is 12.2. The van der Waals surface area contributed by atoms with Gasteiger partial charge in [0, 0.05) is 23.2 Å². The van der Waals surface area contributed by atoms with E-state index in [2.05, 4.69) is 43.4 Å². The van der Waals surface area contributed by atoms with Gasteiger partial charge in [-0.1, -0.05) is 49.7 Å². The lowest BCUT2D eigenvalue weighted by atomic mass is 10.2. The molecule has 0 atom stereocenters. The van der Waals surface area contributed by atoms with Crippen molar-refractivity contribution in [2.24, 2.45) is 0 Å². The van der Waals surface area contributed by atoms with Crippen molar-refractivity contribution >= 4 is 23.4 Å². The van der Waals surface area contributed by atoms with Crippen molar-refractivity contribution < 1.29 is 4.39 Å². The quantitative estimate of drug-likeness (QED) is 0.727. The molecule has 4 heteroatoms. The van der Waals surface area contributed by atoms with Crippen LogP contribution in [0.4, 0.5) is 4.39 Å². The second-order valence-electron chi connectivity index (χ2n) is 5.18. The third-order valence-electron chi connectivity index (χ3n) is 3.06. The molecule has 21 heavy (non-hydrogen) atoms. The zero-order valence-corrected chi connectivity index (χ0v) is 13.8. The normalized spacial score (nSPS) is 11.1. The molecule has 112 valence electrons. The van der Waals surface area contributed by atoms with Gasteiger partial charge in [-0.3, -0.25) is 0 Å². The summed E-state index contributed by atoms with van der Waals surface area (Å²) in [6, 6.07) is 14.0. The highest BCUT2D eigenvalue weighted by Gasteiger charge is 2.06. The molecule has 0 heterocycles. The largest absolute Gasteiger partial charge is 0.310 e. The standard InChI is InChI=1S/C17H19ClFNS/c1-12(2)20-10-13-6-8-15(9-7-13)21-11-14-4-3-5-16(18)17(14)19/h3-9,12,20H,10-11H2,1-2H3. The number of thioether (sulfide) groups is 1. The van der Waals surface area contributed by atoms with E-state index in [0.717, 1.165) is 11.4 Å². The van der Waals surface area contributed by atoms with Gasteiger partial charge >= 0.3 is 0 Å². The van der Waals surface area contributed by atoms with Gasteiger partial charge in [-0.05, 0) is 29.3 Å². The van der Waals surface area contributed by atoms with E-state index in [0.29, 0.717) is 17.4 Å². The summed E-state index contributed by atoms with van der Waals surface area (Å²) in [5.41, 5.74) is 1.89. The molecule has 0 spiro atoms. The summed E-state index contributed by atoms with van der Waals surface area (Å²) in [5.74, 6) is 0.264. The first-order chi connectivity index (χ1) is 10.1. The lowest BCUT2D eigenvalue weighted by Crippen LogP contribution is -2.21. The van der Waals surface area contributed by atoms with Crippen LogP contribution in [0.25, 0.3) is 0 Å². The summed E-state index contributed by atoms with van der Waals surface area (Å²) in [4.78, 5) is 1.13. The van der Waals surface area contributed by atoms with E-state index < -0.39 is 0 Å². The van der Waals surface area contributed by atoms with Gasteiger partial charge < -0.3 is 5.32 Å². The SMILES string of the molecule is CC(C)NCc1ccc(SCc2cccc(Cl)c2F)cc1. The van der Waals surface area contributed by atoms with Crippen molar-refractivity contribution in [1.29, 1.82) is 0 Å². The molecule has 2 aromatic carbocycles. The summed E-state index contributed by atoms with van der Waals surface area (Å²) in [6.07, 6.45) is 0. The summed E-state index contributed by atoms with van der Waals surface area (Å²) in [5, 5.41) is 3.57. The first kappa shape index (κ1) is 16.3. The van der Waals surface area contributed by atoms with Crippen LogP contribution in [0.3, 0.4) is 0 Å². The highest BCUT2D eigenvalue weighted by atomic mass is 35.5. The fourth-order valence-corrected chi connectivity index (χ4v) is 2.91. The second-order valence-corrected chi connectivity index (χ2v) is 6.64. The minimum absolute atomic E-state index is 0.184. The molecule has 0 radical (unpaired) electrons. The van der Waals surface area contributed by atoms with Crippen molar-refractivity contribution in [3.05, 3.63) is 64.4 Å². The Morgan fingerprint density at radius 3 is 2.52 bits per heavy atom. The maximum Gasteiger partial charge on any atom is 0.145 e. The molecule has 0 amide bonds. The number of nitrogens with one attached hydrogen (secondary N) is 1. The lowest BCUT2D eigenvalue weighted by molar-refractivity contribution is 0.588. The van der Waals surface area contributed by atoms with Gasteiger partial charge in [-0.2, -0.15) is 0 Å². The van der Waals surface area contributed by atoms with Crippen molar-refractivity contribution in [2.45, 2.75) is 37.1 Å². The number of benzene rings is 2. The third kappa shape index (κ3) is 5.03. The van der Waals surface area contributed by atoms with Crippen LogP contribution in [0.15, 0.2) is 47.4 Å². The van der Waals surface area contributed by atoms with Crippen molar-refractivity contribution in [1.82, 2.24) is 5.32 Å². The van der Waals surface area contributed by atoms with E-state index in [1.54, 1.807) is 30.0 Å². The fraction of sp³-hybridized carbons (Fsp3) is 0.294. The molecular formula is C17H19ClFNS. The Bertz CT molecular complexity index is 584. The van der Waals surface area contributed by atoms with Crippen LogP contribution in [0.2, 0.25) is 5.02 Å². The molecule has 0 aliphatic carbocycles. The van der Waals surface area contributed by atoms with Crippen molar-refractivity contribution in [2.75, 3.05) is 0 Å². The van der Waals surface area contributed by atoms with Crippen LogP contribution in [0, 0.1) is 5.82 Å². The van der Waals surface area contributed by atoms with E-state index in [1.165, 1.54) is 5.56 Å². The highest BCUT2D eigenvalue weighted by molar-refractivity contribution is 7.98. The average Bonchev–Trinajstić information content (AvgIpc) is 2.48. The van der Waals surface area contributed by atoms with E-state index in [4.69, 9.17) is 11.6 Å². The molecule has 2 rings (SSSR count). The second kappa shape index (κ2) is 7.83. The Balaban J connectivity index is 1.93. The van der Waals surface area contributed by atoms with Crippen LogP contribution in [0.1, 0.15) is 25.0 Å². The molecule has 2 aromatic rings. The van der Waals surface area contributed by atoms with E-state index in [9.17, 15) is 4.39 Å². The molecule has 1 nitrogen and oxygen atoms in total. The Kier molecular flexibility index (Phi) is 6.09. The monoisotopic (exact) mass is 323 g/mol. The van der Waals surface area contributed by atoms with E-state index in [1.807, 2.05) is 0 Å². The minimum Gasteiger partial charge on any atom is -0.310 e. The maximum absolute atomic E-state index is 13.8. The molecule has 0 aliphatic rings. The van der Waals surface area contributed by atoms with Gasteiger partial charge in [0.05, 0.1) is 5.02 Å². The van der Waals surface area contributed by atoms with Gasteiger partial charge in [0.25, 0.3) is 0 Å². The molecule has 0 aromatic heterocycles. The molecule has 0 saturated carbocycles. The molecule has 0 saturated heterocycles. The van der Waals surface area contributed by atoms with Crippen molar-refractivity contribution in [3.8, 4) is 0 Å². The lowest BCUT2D eigenvalue weighted by Gasteiger charge is -2.09. The zero-order chi connectivity index (χ0) is 15.2. The van der Waals surface area contributed by atoms with Gasteiger partial charge in [-0.15, -0.1) is 11.8 Å². The van der Waals surface area contributed by atoms with E-state index in [-0.39, 0.29) is 10.8 Å². The third-order valence-corrected chi connectivity index (χ3v) is 4.42. The Labute approximate surface area is 134 Å². The predicted octanol–water partition coefficient (Wildman–Crippen LogP) is 5.27. The molecule has 0 aliphatic heterocycles. The van der Waals surface area contributed by atoms with Gasteiger partial charge in [0.15, 0.2) is 0 Å². The average molecular weight is 324 g/mol. The smallest absolute Gasteiger partial charge is 0.145 e. The molecule has 0 unspecified atom stereocenters. The first-order valence-electron chi connectivity index (χ1n) is 6.94. The highest BCUT2D eigenvalue weighted by Crippen LogP contribution is 2.26. The summed E-state index contributed by atoms with van der Waals surface area (Å²) < 4.78 is 13.8. The van der Waals surface area contributed by atoms with Gasteiger partial charge in [0.2, 0.25) is 0 Å². The Hall–Kier alpha value is -1.03. The summed E-state index contributed by atoms with van der Waals surface area (Å²) in [7, 11) is 0. The Morgan fingerprint density at radius 1 is 1.14 bits per heavy atom. The molecule has 0 fully saturated rings. The van der Waals surface area contributed by atoms with E-state index >= 15 is 0 Å². The van der Waals surface area contributed by atoms with Crippen LogP contribution < -0.4 is 5.32 Å². The van der Waals surface area contributed by atoms with Crippen molar-refractivity contribution in [3.63, 3.8) is 0 Å². The summed E-state index contributed by atoms with van der Waals surface area (Å²) in [6.45, 7) is 5.12. The topological polar surface area (TPSA) is 12.0 Å².